The molecule has 4 saturated carbocycles. The average molecular weight is 286 g/mol. The molecule has 0 aromatic heterocycles. The highest BCUT2D eigenvalue weighted by Gasteiger charge is 2.68. The number of halogens is 1. The third-order valence-corrected chi connectivity index (χ3v) is 6.45. The number of hydrogen-bond donors (Lipinski definition) is 1. The van der Waals surface area contributed by atoms with Crippen LogP contribution in [0.4, 0.5) is 0 Å². The van der Waals surface area contributed by atoms with Crippen molar-refractivity contribution in [2.45, 2.75) is 64.1 Å². The van der Waals surface area contributed by atoms with Gasteiger partial charge in [-0.15, -0.1) is 12.4 Å². The molecule has 2 bridgehead atoms. The van der Waals surface area contributed by atoms with E-state index in [1.807, 2.05) is 0 Å². The summed E-state index contributed by atoms with van der Waals surface area (Å²) >= 11 is 0. The van der Waals surface area contributed by atoms with Crippen LogP contribution in [0.3, 0.4) is 0 Å². The van der Waals surface area contributed by atoms with Crippen molar-refractivity contribution in [2.75, 3.05) is 0 Å². The minimum atomic E-state index is -0.150. The van der Waals surface area contributed by atoms with Crippen molar-refractivity contribution in [3.05, 3.63) is 0 Å². The predicted molar refractivity (Wildman–Crippen MR) is 78.1 cm³/mol. The van der Waals surface area contributed by atoms with E-state index < -0.39 is 0 Å². The molecule has 19 heavy (non-hydrogen) atoms. The summed E-state index contributed by atoms with van der Waals surface area (Å²) in [5.41, 5.74) is 6.61. The van der Waals surface area contributed by atoms with E-state index in [2.05, 4.69) is 20.8 Å². The van der Waals surface area contributed by atoms with Gasteiger partial charge in [-0.25, -0.2) is 0 Å². The SMILES string of the molecule is CC1(C)C2CC3OB(C(N)C4CC4)OC3(C)C1C2.Cl. The predicted octanol–water partition coefficient (Wildman–Crippen LogP) is 2.41. The molecule has 2 N–H and O–H groups in total. The molecule has 0 aromatic rings. The van der Waals surface area contributed by atoms with Crippen LogP contribution in [0.15, 0.2) is 0 Å². The first kappa shape index (κ1) is 14.2. The van der Waals surface area contributed by atoms with Crippen molar-refractivity contribution in [1.82, 2.24) is 0 Å². The van der Waals surface area contributed by atoms with E-state index in [4.69, 9.17) is 15.0 Å². The molecular weight excluding hydrogens is 260 g/mol. The van der Waals surface area contributed by atoms with E-state index in [0.29, 0.717) is 17.3 Å². The second kappa shape index (κ2) is 4.13. The van der Waals surface area contributed by atoms with Gasteiger partial charge >= 0.3 is 7.12 Å². The molecule has 5 aliphatic rings. The highest BCUT2D eigenvalue weighted by atomic mass is 35.5. The lowest BCUT2D eigenvalue weighted by Gasteiger charge is -2.64. The Labute approximate surface area is 122 Å². The van der Waals surface area contributed by atoms with E-state index in [0.717, 1.165) is 12.3 Å². The molecule has 0 radical (unpaired) electrons. The Kier molecular flexibility index (Phi) is 3.08. The Morgan fingerprint density at radius 1 is 1.21 bits per heavy atom. The lowest BCUT2D eigenvalue weighted by atomic mass is 9.43. The molecule has 5 fully saturated rings. The quantitative estimate of drug-likeness (QED) is 0.793. The fourth-order valence-electron chi connectivity index (χ4n) is 4.77. The maximum atomic E-state index is 6.35. The number of rotatable bonds is 2. The van der Waals surface area contributed by atoms with Gasteiger partial charge in [-0.3, -0.25) is 0 Å². The van der Waals surface area contributed by atoms with E-state index in [9.17, 15) is 0 Å². The van der Waals surface area contributed by atoms with Crippen molar-refractivity contribution >= 4 is 19.5 Å². The Morgan fingerprint density at radius 3 is 2.47 bits per heavy atom. The monoisotopic (exact) mass is 285 g/mol. The molecule has 108 valence electrons. The van der Waals surface area contributed by atoms with Crippen LogP contribution < -0.4 is 5.73 Å². The third-order valence-electron chi connectivity index (χ3n) is 6.45. The lowest BCUT2D eigenvalue weighted by Crippen LogP contribution is -2.65. The smallest absolute Gasteiger partial charge is 0.404 e. The summed E-state index contributed by atoms with van der Waals surface area (Å²) in [5.74, 6) is 2.19. The summed E-state index contributed by atoms with van der Waals surface area (Å²) in [6.07, 6.45) is 5.26. The molecule has 5 rings (SSSR count). The molecule has 5 heteroatoms. The van der Waals surface area contributed by atoms with Crippen LogP contribution in [0.25, 0.3) is 0 Å². The van der Waals surface area contributed by atoms with Crippen LogP contribution in [0, 0.1) is 23.2 Å². The van der Waals surface area contributed by atoms with Gasteiger partial charge in [0.1, 0.15) is 0 Å². The van der Waals surface area contributed by atoms with Gasteiger partial charge in [-0.05, 0) is 55.8 Å². The lowest BCUT2D eigenvalue weighted by molar-refractivity contribution is -0.199. The van der Waals surface area contributed by atoms with E-state index in [1.165, 1.54) is 19.3 Å². The Morgan fingerprint density at radius 2 is 1.89 bits per heavy atom. The zero-order chi connectivity index (χ0) is 12.7. The molecule has 1 heterocycles. The first-order chi connectivity index (χ1) is 8.43. The van der Waals surface area contributed by atoms with Gasteiger partial charge in [-0.2, -0.15) is 0 Å². The summed E-state index contributed by atoms with van der Waals surface area (Å²) in [5, 5.41) is 0. The van der Waals surface area contributed by atoms with Crippen molar-refractivity contribution in [1.29, 1.82) is 0 Å². The van der Waals surface area contributed by atoms with Crippen LogP contribution in [0.5, 0.6) is 0 Å². The zero-order valence-corrected chi connectivity index (χ0v) is 12.9. The normalized spacial score (nSPS) is 48.0. The van der Waals surface area contributed by atoms with Gasteiger partial charge in [-0.1, -0.05) is 13.8 Å². The number of nitrogens with two attached hydrogens (primary N) is 1. The summed E-state index contributed by atoms with van der Waals surface area (Å²) < 4.78 is 12.5. The van der Waals surface area contributed by atoms with Gasteiger partial charge in [0.05, 0.1) is 11.7 Å². The second-order valence-corrected chi connectivity index (χ2v) is 7.75. The first-order valence-electron chi connectivity index (χ1n) is 7.52. The van der Waals surface area contributed by atoms with Crippen LogP contribution in [-0.2, 0) is 9.31 Å². The Bertz CT molecular complexity index is 390. The average Bonchev–Trinajstić information content (AvgIpc) is 3.08. The van der Waals surface area contributed by atoms with Crippen molar-refractivity contribution in [2.24, 2.45) is 28.9 Å². The fourth-order valence-corrected chi connectivity index (χ4v) is 4.77. The van der Waals surface area contributed by atoms with Crippen LogP contribution >= 0.6 is 12.4 Å². The van der Waals surface area contributed by atoms with E-state index >= 15 is 0 Å². The van der Waals surface area contributed by atoms with Crippen LogP contribution in [0.1, 0.15) is 46.5 Å². The highest BCUT2D eigenvalue weighted by Crippen LogP contribution is 2.65. The Balaban J connectivity index is 0.00000110. The highest BCUT2D eigenvalue weighted by molar-refractivity contribution is 6.47. The second-order valence-electron chi connectivity index (χ2n) is 7.75. The molecule has 0 aromatic carbocycles. The maximum Gasteiger partial charge on any atom is 0.475 e. The molecule has 0 amide bonds. The Hall–Kier alpha value is 0.235. The van der Waals surface area contributed by atoms with Gasteiger partial charge in [0.15, 0.2) is 0 Å². The molecule has 1 aliphatic heterocycles. The van der Waals surface area contributed by atoms with E-state index in [-0.39, 0.29) is 37.2 Å². The topological polar surface area (TPSA) is 44.5 Å². The molecule has 0 spiro atoms. The standard InChI is InChI=1S/C14H24BNO2.ClH/c1-13(2)9-6-10(13)14(3)11(7-9)17-15(18-14)12(16)8-4-5-8;/h8-12H,4-7,16H2,1-3H3;1H. The largest absolute Gasteiger partial charge is 0.475 e. The van der Waals surface area contributed by atoms with E-state index in [1.54, 1.807) is 0 Å². The molecular formula is C14H25BClNO2. The summed E-state index contributed by atoms with van der Waals surface area (Å²) in [4.78, 5) is 0. The van der Waals surface area contributed by atoms with Crippen LogP contribution in [0.2, 0.25) is 0 Å². The van der Waals surface area contributed by atoms with Crippen molar-refractivity contribution < 1.29 is 9.31 Å². The summed E-state index contributed by atoms with van der Waals surface area (Å²) in [6, 6.07) is 0. The third kappa shape index (κ3) is 1.76. The molecule has 5 atom stereocenters. The van der Waals surface area contributed by atoms with Crippen LogP contribution in [-0.4, -0.2) is 24.8 Å². The molecule has 5 unspecified atom stereocenters. The zero-order valence-electron chi connectivity index (χ0n) is 12.1. The number of hydrogen-bond acceptors (Lipinski definition) is 3. The van der Waals surface area contributed by atoms with Crippen molar-refractivity contribution in [3.8, 4) is 0 Å². The fraction of sp³-hybridized carbons (Fsp3) is 1.00. The van der Waals surface area contributed by atoms with Gasteiger partial charge in [0.25, 0.3) is 0 Å². The van der Waals surface area contributed by atoms with Gasteiger partial charge in [0.2, 0.25) is 0 Å². The first-order valence-corrected chi connectivity index (χ1v) is 7.52. The molecule has 4 aliphatic carbocycles. The minimum absolute atomic E-state index is 0. The summed E-state index contributed by atoms with van der Waals surface area (Å²) in [7, 11) is -0.150. The maximum absolute atomic E-state index is 6.35. The van der Waals surface area contributed by atoms with Crippen molar-refractivity contribution in [3.63, 3.8) is 0 Å². The van der Waals surface area contributed by atoms with Gasteiger partial charge < -0.3 is 15.0 Å². The molecule has 1 saturated heterocycles. The minimum Gasteiger partial charge on any atom is -0.404 e. The molecule has 3 nitrogen and oxygen atoms in total. The van der Waals surface area contributed by atoms with Gasteiger partial charge in [0, 0.05) is 5.94 Å². The summed E-state index contributed by atoms with van der Waals surface area (Å²) in [6.45, 7) is 7.05.